The molecule has 0 saturated heterocycles. The molecule has 0 radical (unpaired) electrons. The van der Waals surface area contributed by atoms with E-state index in [1.807, 2.05) is 0 Å². The maximum absolute atomic E-state index is 14.8. The molecule has 0 aliphatic carbocycles. The van der Waals surface area contributed by atoms with Gasteiger partial charge >= 0.3 is 5.97 Å². The van der Waals surface area contributed by atoms with Gasteiger partial charge in [-0.25, -0.2) is 4.79 Å². The molecule has 30 heteroatoms. The molecule has 482 valence electrons. The number of aliphatic hydroxyl groups is 2. The van der Waals surface area contributed by atoms with Crippen molar-refractivity contribution in [2.45, 2.75) is 112 Å². The Kier molecular flexibility index (Phi) is 27.7. The zero-order valence-corrected chi connectivity index (χ0v) is 50.0. The molecular weight excluding hydrogens is 1190 g/mol. The van der Waals surface area contributed by atoms with Gasteiger partial charge in [0.15, 0.2) is 0 Å². The summed E-state index contributed by atoms with van der Waals surface area (Å²) in [6, 6.07) is 14.1. The molecule has 5 aromatic rings. The number of fused-ring (bicyclic) bond motifs is 1. The van der Waals surface area contributed by atoms with Crippen LogP contribution in [-0.4, -0.2) is 182 Å². The molecule has 4 aromatic carbocycles. The second-order valence-electron chi connectivity index (χ2n) is 20.9. The smallest absolute Gasteiger partial charge is 0.326 e. The Hall–Kier alpha value is -9.91. The number of primary amides is 2. The molecule has 1 heterocycles. The summed E-state index contributed by atoms with van der Waals surface area (Å²) in [5, 5.41) is 63.8. The maximum Gasteiger partial charge on any atom is 0.326 e. The molecule has 0 aliphatic heterocycles. The SMILES string of the molecule is CSCC[C@H](NC(=O)[C@H](Cc1c[nH]c2ccccc12)NC(=O)[C@H](Cc1ccc(O)cc1)NC(=O)[C@H](CC(N)=O)NC(=O)[C@H](CO)NC(=O)[C@H](Cc1ccccc1)NC(=O)[C@@H](NC(=O)[C@H](Cc1ccccc1)NC(=O)CN)[C@@H](C)O)C(=O)N[C@@H](CC(N)=O)C(=O)O. The van der Waals surface area contributed by atoms with Gasteiger partial charge in [0.1, 0.15) is 60.1 Å². The van der Waals surface area contributed by atoms with Gasteiger partial charge in [0.25, 0.3) is 0 Å². The van der Waals surface area contributed by atoms with Crippen LogP contribution in [0.1, 0.15) is 48.4 Å². The van der Waals surface area contributed by atoms with Gasteiger partial charge in [-0.2, -0.15) is 11.8 Å². The lowest BCUT2D eigenvalue weighted by atomic mass is 10.0. The van der Waals surface area contributed by atoms with Gasteiger partial charge in [-0.3, -0.25) is 52.7 Å². The van der Waals surface area contributed by atoms with Crippen LogP contribution in [0.25, 0.3) is 10.9 Å². The fourth-order valence-electron chi connectivity index (χ4n) is 9.24. The average Bonchev–Trinajstić information content (AvgIpc) is 1.90. The van der Waals surface area contributed by atoms with Crippen LogP contribution in [0.15, 0.2) is 115 Å². The lowest BCUT2D eigenvalue weighted by Crippen LogP contribution is -2.62. The van der Waals surface area contributed by atoms with E-state index in [0.29, 0.717) is 33.2 Å². The molecule has 0 saturated carbocycles. The fourth-order valence-corrected chi connectivity index (χ4v) is 9.71. The molecule has 10 atom stereocenters. The van der Waals surface area contributed by atoms with Gasteiger partial charge in [-0.15, -0.1) is 0 Å². The van der Waals surface area contributed by atoms with Crippen molar-refractivity contribution in [2.24, 2.45) is 17.2 Å². The number of rotatable bonds is 36. The first kappa shape index (κ1) is 70.8. The number of phenols is 1. The summed E-state index contributed by atoms with van der Waals surface area (Å²) in [6.07, 6.45) is -1.04. The Morgan fingerprint density at radius 3 is 1.42 bits per heavy atom. The highest BCUT2D eigenvalue weighted by atomic mass is 32.2. The first-order valence-electron chi connectivity index (χ1n) is 28.3. The Balaban J connectivity index is 1.41. The number of para-hydroxylation sites is 1. The van der Waals surface area contributed by atoms with Crippen molar-refractivity contribution >= 4 is 93.6 Å². The summed E-state index contributed by atoms with van der Waals surface area (Å²) in [4.78, 5) is 165. The van der Waals surface area contributed by atoms with Crippen molar-refractivity contribution < 1.29 is 78.0 Å². The van der Waals surface area contributed by atoms with E-state index in [-0.39, 0.29) is 43.6 Å². The number of carboxylic acid groups (broad SMARTS) is 1. The molecule has 20 N–H and O–H groups in total. The second-order valence-corrected chi connectivity index (χ2v) is 21.9. The highest BCUT2D eigenvalue weighted by Crippen LogP contribution is 2.20. The van der Waals surface area contributed by atoms with Crippen molar-refractivity contribution in [1.29, 1.82) is 0 Å². The Morgan fingerprint density at radius 1 is 0.500 bits per heavy atom. The van der Waals surface area contributed by atoms with Crippen LogP contribution >= 0.6 is 11.8 Å². The second kappa shape index (κ2) is 35.2. The number of H-pyrrole nitrogens is 1. The minimum atomic E-state index is -1.95. The standard InChI is InChI=1S/C60H75N13O16S/c1-32(75)51(73-57(85)41(65-50(79)29-61)23-33-11-5-3-6-12-33)59(87)70-43(24-34-13-7-4-8-14-34)54(82)72-47(31-74)58(86)69-45(27-48(62)77)56(84)67-42(25-35-17-19-37(76)20-18-35)53(81)68-44(26-36-30-64-39-16-10-9-15-38(36)39)55(83)66-40(21-22-90-2)52(80)71-46(60(88)89)28-49(63)78/h3-20,30,32,40-47,51,64,74-76H,21-29,31,61H2,1-2H3,(H2,62,77)(H2,63,78)(H,65,79)(H,66,83)(H,67,84)(H,68,81)(H,69,86)(H,70,87)(H,71,80)(H,72,82)(H,73,85)(H,88,89)/t32-,40+,41+,42+,43+,44+,45+,46+,47+,51+/m1/s1. The first-order chi connectivity index (χ1) is 42.9. The zero-order chi connectivity index (χ0) is 66.0. The minimum Gasteiger partial charge on any atom is -0.508 e. The molecular formula is C60H75N13O16S. The first-order valence-corrected chi connectivity index (χ1v) is 29.7. The van der Waals surface area contributed by atoms with Crippen molar-refractivity contribution in [2.75, 3.05) is 25.2 Å². The van der Waals surface area contributed by atoms with E-state index in [0.717, 1.165) is 0 Å². The number of aromatic hydroxyl groups is 1. The number of amides is 11. The van der Waals surface area contributed by atoms with Crippen LogP contribution in [0.4, 0.5) is 0 Å². The van der Waals surface area contributed by atoms with Crippen LogP contribution in [0, 0.1) is 0 Å². The number of hydrogen-bond donors (Lipinski definition) is 17. The number of benzene rings is 4. The lowest BCUT2D eigenvalue weighted by molar-refractivity contribution is -0.143. The molecule has 0 fully saturated rings. The normalized spacial score (nSPS) is 14.4. The highest BCUT2D eigenvalue weighted by molar-refractivity contribution is 7.98. The third-order valence-electron chi connectivity index (χ3n) is 14.0. The van der Waals surface area contributed by atoms with Gasteiger partial charge in [0.2, 0.25) is 65.0 Å². The molecule has 5 rings (SSSR count). The maximum atomic E-state index is 14.8. The molecule has 0 bridgehead atoms. The number of carbonyl (C=O) groups is 12. The van der Waals surface area contributed by atoms with Gasteiger partial charge in [-0.1, -0.05) is 91.0 Å². The summed E-state index contributed by atoms with van der Waals surface area (Å²) < 4.78 is 0. The summed E-state index contributed by atoms with van der Waals surface area (Å²) in [6.45, 7) is -0.446. The highest BCUT2D eigenvalue weighted by Gasteiger charge is 2.37. The molecule has 11 amide bonds. The van der Waals surface area contributed by atoms with Gasteiger partial charge in [-0.05, 0) is 65.8 Å². The van der Waals surface area contributed by atoms with E-state index in [9.17, 15) is 78.0 Å². The van der Waals surface area contributed by atoms with Crippen molar-refractivity contribution in [3.8, 4) is 5.75 Å². The van der Waals surface area contributed by atoms with E-state index >= 15 is 0 Å². The molecule has 0 spiro atoms. The topological polar surface area (TPSA) is 488 Å². The van der Waals surface area contributed by atoms with E-state index in [4.69, 9.17) is 17.2 Å². The van der Waals surface area contributed by atoms with Crippen molar-refractivity contribution in [1.82, 2.24) is 52.8 Å². The summed E-state index contributed by atoms with van der Waals surface area (Å²) in [7, 11) is 0. The third kappa shape index (κ3) is 22.4. The van der Waals surface area contributed by atoms with Crippen LogP contribution in [0.3, 0.4) is 0 Å². The average molecular weight is 1270 g/mol. The number of nitrogens with two attached hydrogens (primary N) is 3. The molecule has 90 heavy (non-hydrogen) atoms. The number of aromatic amines is 1. The van der Waals surface area contributed by atoms with Crippen LogP contribution in [0.2, 0.25) is 0 Å². The predicted octanol–water partition coefficient (Wildman–Crippen LogP) is -3.57. The van der Waals surface area contributed by atoms with Crippen LogP contribution < -0.4 is 65.1 Å². The monoisotopic (exact) mass is 1270 g/mol. The number of phenolic OH excluding ortho intramolecular Hbond substituents is 1. The Labute approximate surface area is 520 Å². The minimum absolute atomic E-state index is 0.0464. The molecule has 1 aromatic heterocycles. The molecule has 29 nitrogen and oxygen atoms in total. The van der Waals surface area contributed by atoms with Gasteiger partial charge < -0.3 is 90.5 Å². The lowest BCUT2D eigenvalue weighted by Gasteiger charge is -2.28. The number of hydrogen-bond acceptors (Lipinski definition) is 17. The van der Waals surface area contributed by atoms with Crippen molar-refractivity contribution in [3.63, 3.8) is 0 Å². The van der Waals surface area contributed by atoms with Crippen LogP contribution in [0.5, 0.6) is 5.75 Å². The Bertz CT molecular complexity index is 3320. The molecule has 0 unspecified atom stereocenters. The number of carbonyl (C=O) groups excluding carboxylic acids is 11. The largest absolute Gasteiger partial charge is 0.508 e. The number of carboxylic acids is 1. The van der Waals surface area contributed by atoms with E-state index in [2.05, 4.69) is 52.8 Å². The van der Waals surface area contributed by atoms with E-state index < -0.39 is 157 Å². The quantitative estimate of drug-likeness (QED) is 0.0184. The summed E-state index contributed by atoms with van der Waals surface area (Å²) in [5.41, 5.74) is 18.9. The third-order valence-corrected chi connectivity index (χ3v) is 14.6. The summed E-state index contributed by atoms with van der Waals surface area (Å²) in [5.74, 6) is -13.0. The Morgan fingerprint density at radius 2 is 0.911 bits per heavy atom. The molecule has 0 aliphatic rings. The zero-order valence-electron chi connectivity index (χ0n) is 49.1. The fraction of sp³-hybridized carbons (Fsp3) is 0.367. The van der Waals surface area contributed by atoms with Gasteiger partial charge in [0, 0.05) is 42.8 Å². The predicted molar refractivity (Wildman–Crippen MR) is 328 cm³/mol. The van der Waals surface area contributed by atoms with Crippen molar-refractivity contribution in [3.05, 3.63) is 138 Å². The number of aromatic nitrogens is 1. The van der Waals surface area contributed by atoms with Crippen LogP contribution in [-0.2, 0) is 83.2 Å². The number of thioether (sulfide) groups is 1. The number of nitrogens with one attached hydrogen (secondary N) is 10. The number of aliphatic hydroxyl groups excluding tert-OH is 2. The number of aliphatic carboxylic acids is 1. The van der Waals surface area contributed by atoms with E-state index in [1.165, 1.54) is 43.0 Å². The summed E-state index contributed by atoms with van der Waals surface area (Å²) >= 11 is 1.29. The van der Waals surface area contributed by atoms with E-state index in [1.54, 1.807) is 97.4 Å². The van der Waals surface area contributed by atoms with Gasteiger partial charge in [0.05, 0.1) is 32.1 Å².